The molecule has 1 N–H and O–H groups in total. The van der Waals surface area contributed by atoms with E-state index in [1.807, 2.05) is 30.0 Å². The average Bonchev–Trinajstić information content (AvgIpc) is 3.01. The second-order valence-corrected chi connectivity index (χ2v) is 5.91. The van der Waals surface area contributed by atoms with Crippen molar-refractivity contribution in [1.29, 1.82) is 0 Å². The lowest BCUT2D eigenvalue weighted by atomic mass is 10.1. The normalized spacial score (nSPS) is 25.1. The quantitative estimate of drug-likeness (QED) is 0.916. The predicted octanol–water partition coefficient (Wildman–Crippen LogP) is 1.51. The second-order valence-electron chi connectivity index (χ2n) is 5.91. The number of rotatable bonds is 3. The summed E-state index contributed by atoms with van der Waals surface area (Å²) in [7, 11) is 0. The van der Waals surface area contributed by atoms with Crippen LogP contribution >= 0.6 is 0 Å². The van der Waals surface area contributed by atoms with Gasteiger partial charge in [0.25, 0.3) is 0 Å². The van der Waals surface area contributed by atoms with Crippen molar-refractivity contribution in [2.75, 3.05) is 18.0 Å². The van der Waals surface area contributed by atoms with E-state index in [9.17, 15) is 14.7 Å². The van der Waals surface area contributed by atoms with Crippen molar-refractivity contribution < 1.29 is 14.7 Å². The lowest BCUT2D eigenvalue weighted by molar-refractivity contribution is -0.142. The average molecular weight is 288 g/mol. The largest absolute Gasteiger partial charge is 0.480 e. The molecule has 5 heteroatoms. The Hall–Kier alpha value is -1.88. The number of hydrogen-bond acceptors (Lipinski definition) is 3. The number of amides is 1. The first kappa shape index (κ1) is 14.1. The Bertz CT molecular complexity index is 572. The van der Waals surface area contributed by atoms with Crippen molar-refractivity contribution in [3.8, 4) is 0 Å². The van der Waals surface area contributed by atoms with Gasteiger partial charge < -0.3 is 10.0 Å². The van der Waals surface area contributed by atoms with Gasteiger partial charge >= 0.3 is 5.97 Å². The van der Waals surface area contributed by atoms with Crippen LogP contribution < -0.4 is 4.90 Å². The van der Waals surface area contributed by atoms with E-state index < -0.39 is 12.0 Å². The third-order valence-corrected chi connectivity index (χ3v) is 4.46. The third kappa shape index (κ3) is 2.53. The summed E-state index contributed by atoms with van der Waals surface area (Å²) in [5.74, 6) is -0.823. The first-order valence-corrected chi connectivity index (χ1v) is 7.44. The Morgan fingerprint density at radius 2 is 2.10 bits per heavy atom. The highest BCUT2D eigenvalue weighted by Crippen LogP contribution is 2.32. The van der Waals surface area contributed by atoms with Crippen LogP contribution in [0.5, 0.6) is 0 Å². The SMILES string of the molecule is C[C@@H]1Cc2ccccc2N1C(=O)CN1CCC[C@H]1C(=O)O. The fourth-order valence-corrected chi connectivity index (χ4v) is 3.49. The van der Waals surface area contributed by atoms with Crippen LogP contribution in [0, 0.1) is 0 Å². The van der Waals surface area contributed by atoms with Crippen LogP contribution in [0.15, 0.2) is 24.3 Å². The molecule has 1 fully saturated rings. The summed E-state index contributed by atoms with van der Waals surface area (Å²) in [6.45, 7) is 2.92. The highest BCUT2D eigenvalue weighted by Gasteiger charge is 2.36. The summed E-state index contributed by atoms with van der Waals surface area (Å²) in [4.78, 5) is 27.5. The van der Waals surface area contributed by atoms with Gasteiger partial charge in [0.05, 0.1) is 6.54 Å². The van der Waals surface area contributed by atoms with Crippen molar-refractivity contribution in [1.82, 2.24) is 4.90 Å². The molecule has 1 saturated heterocycles. The summed E-state index contributed by atoms with van der Waals surface area (Å²) in [5, 5.41) is 9.21. The summed E-state index contributed by atoms with van der Waals surface area (Å²) in [6.07, 6.45) is 2.34. The van der Waals surface area contributed by atoms with Gasteiger partial charge in [-0.05, 0) is 44.4 Å². The molecular formula is C16H20N2O3. The van der Waals surface area contributed by atoms with Crippen LogP contribution in [0.4, 0.5) is 5.69 Å². The molecule has 0 spiro atoms. The van der Waals surface area contributed by atoms with Crippen LogP contribution in [-0.4, -0.2) is 47.1 Å². The maximum atomic E-state index is 12.6. The van der Waals surface area contributed by atoms with Crippen molar-refractivity contribution in [3.63, 3.8) is 0 Å². The predicted molar refractivity (Wildman–Crippen MR) is 79.3 cm³/mol. The van der Waals surface area contributed by atoms with E-state index in [1.54, 1.807) is 4.90 Å². The maximum absolute atomic E-state index is 12.6. The third-order valence-electron chi connectivity index (χ3n) is 4.46. The van der Waals surface area contributed by atoms with Gasteiger partial charge in [-0.2, -0.15) is 0 Å². The molecule has 0 saturated carbocycles. The van der Waals surface area contributed by atoms with Gasteiger partial charge in [-0.3, -0.25) is 14.5 Å². The minimum atomic E-state index is -0.824. The van der Waals surface area contributed by atoms with Gasteiger partial charge in [0.15, 0.2) is 0 Å². The number of carboxylic acids is 1. The van der Waals surface area contributed by atoms with Crippen LogP contribution in [0.25, 0.3) is 0 Å². The topological polar surface area (TPSA) is 60.9 Å². The van der Waals surface area contributed by atoms with Gasteiger partial charge in [-0.1, -0.05) is 18.2 Å². The molecule has 0 aromatic heterocycles. The Labute approximate surface area is 124 Å². The molecule has 1 amide bonds. The summed E-state index contributed by atoms with van der Waals surface area (Å²) < 4.78 is 0. The van der Waals surface area contributed by atoms with Crippen LogP contribution in [0.1, 0.15) is 25.3 Å². The first-order chi connectivity index (χ1) is 10.1. The molecule has 112 valence electrons. The van der Waals surface area contributed by atoms with Crippen molar-refractivity contribution >= 4 is 17.6 Å². The maximum Gasteiger partial charge on any atom is 0.320 e. The van der Waals surface area contributed by atoms with E-state index in [1.165, 1.54) is 5.56 Å². The van der Waals surface area contributed by atoms with E-state index >= 15 is 0 Å². The summed E-state index contributed by atoms with van der Waals surface area (Å²) in [6, 6.07) is 7.57. The van der Waals surface area contributed by atoms with Crippen molar-refractivity contribution in [2.45, 2.75) is 38.3 Å². The number of aliphatic carboxylic acids is 1. The number of benzene rings is 1. The fourth-order valence-electron chi connectivity index (χ4n) is 3.49. The standard InChI is InChI=1S/C16H20N2O3/c1-11-9-12-5-2-3-6-13(12)18(11)15(19)10-17-8-4-7-14(17)16(20)21/h2-3,5-6,11,14H,4,7-10H2,1H3,(H,20,21)/t11-,14+/m1/s1. The molecule has 21 heavy (non-hydrogen) atoms. The first-order valence-electron chi connectivity index (χ1n) is 7.44. The number of carbonyl (C=O) groups excluding carboxylic acids is 1. The van der Waals surface area contributed by atoms with Crippen LogP contribution in [0.3, 0.4) is 0 Å². The van der Waals surface area contributed by atoms with Gasteiger partial charge in [-0.15, -0.1) is 0 Å². The molecule has 0 radical (unpaired) electrons. The highest BCUT2D eigenvalue weighted by atomic mass is 16.4. The summed E-state index contributed by atoms with van der Waals surface area (Å²) in [5.41, 5.74) is 2.16. The van der Waals surface area contributed by atoms with Gasteiger partial charge in [0.1, 0.15) is 6.04 Å². The van der Waals surface area contributed by atoms with E-state index in [-0.39, 0.29) is 18.5 Å². The Kier molecular flexibility index (Phi) is 3.68. The van der Waals surface area contributed by atoms with E-state index in [4.69, 9.17) is 0 Å². The molecule has 5 nitrogen and oxygen atoms in total. The minimum Gasteiger partial charge on any atom is -0.480 e. The molecule has 0 bridgehead atoms. The molecule has 2 aliphatic rings. The number of hydrogen-bond donors (Lipinski definition) is 1. The van der Waals surface area contributed by atoms with Crippen LogP contribution in [-0.2, 0) is 16.0 Å². The lowest BCUT2D eigenvalue weighted by Crippen LogP contribution is -2.46. The molecule has 0 aliphatic carbocycles. The number of para-hydroxylation sites is 1. The molecule has 0 unspecified atom stereocenters. The monoisotopic (exact) mass is 288 g/mol. The number of carboxylic acid groups (broad SMARTS) is 1. The Morgan fingerprint density at radius 3 is 2.86 bits per heavy atom. The van der Waals surface area contributed by atoms with Crippen LogP contribution in [0.2, 0.25) is 0 Å². The zero-order chi connectivity index (χ0) is 15.0. The van der Waals surface area contributed by atoms with Crippen molar-refractivity contribution in [3.05, 3.63) is 29.8 Å². The summed E-state index contributed by atoms with van der Waals surface area (Å²) >= 11 is 0. The fraction of sp³-hybridized carbons (Fsp3) is 0.500. The molecule has 3 rings (SSSR count). The molecule has 2 aliphatic heterocycles. The van der Waals surface area contributed by atoms with Gasteiger partial charge in [0, 0.05) is 11.7 Å². The van der Waals surface area contributed by atoms with E-state index in [0.29, 0.717) is 13.0 Å². The zero-order valence-corrected chi connectivity index (χ0v) is 12.2. The molecular weight excluding hydrogens is 268 g/mol. The lowest BCUT2D eigenvalue weighted by Gasteiger charge is -2.27. The number of nitrogens with zero attached hydrogens (tertiary/aromatic N) is 2. The van der Waals surface area contributed by atoms with Gasteiger partial charge in [-0.25, -0.2) is 0 Å². The van der Waals surface area contributed by atoms with Crippen molar-refractivity contribution in [2.24, 2.45) is 0 Å². The Morgan fingerprint density at radius 1 is 1.33 bits per heavy atom. The van der Waals surface area contributed by atoms with E-state index in [2.05, 4.69) is 6.07 Å². The number of carbonyl (C=O) groups is 2. The highest BCUT2D eigenvalue weighted by molar-refractivity contribution is 5.97. The van der Waals surface area contributed by atoms with E-state index in [0.717, 1.165) is 18.5 Å². The molecule has 1 aromatic rings. The molecule has 2 atom stereocenters. The second kappa shape index (κ2) is 5.48. The smallest absolute Gasteiger partial charge is 0.320 e. The minimum absolute atomic E-state index is 0.000556. The molecule has 1 aromatic carbocycles. The zero-order valence-electron chi connectivity index (χ0n) is 12.2. The number of anilines is 1. The number of likely N-dealkylation sites (tertiary alicyclic amines) is 1. The Balaban J connectivity index is 1.75. The molecule has 2 heterocycles. The van der Waals surface area contributed by atoms with Gasteiger partial charge in [0.2, 0.25) is 5.91 Å². The number of fused-ring (bicyclic) bond motifs is 1.